The zero-order chi connectivity index (χ0) is 35.5. The van der Waals surface area contributed by atoms with Gasteiger partial charge in [0, 0.05) is 61.2 Å². The van der Waals surface area contributed by atoms with E-state index in [0.29, 0.717) is 24.0 Å². The van der Waals surface area contributed by atoms with E-state index in [1.54, 1.807) is 13.0 Å². The summed E-state index contributed by atoms with van der Waals surface area (Å²) in [6, 6.07) is 11.7. The predicted octanol–water partition coefficient (Wildman–Crippen LogP) is 5.83. The van der Waals surface area contributed by atoms with Gasteiger partial charge in [-0.3, -0.25) is 4.79 Å². The number of piperazine rings is 1. The van der Waals surface area contributed by atoms with Crippen molar-refractivity contribution in [3.05, 3.63) is 58.1 Å². The van der Waals surface area contributed by atoms with Crippen LogP contribution in [0.4, 0.5) is 5.69 Å². The molecule has 4 heterocycles. The molecule has 2 aromatic rings. The van der Waals surface area contributed by atoms with Crippen molar-refractivity contribution in [1.29, 1.82) is 0 Å². The van der Waals surface area contributed by atoms with Crippen LogP contribution in [0, 0.1) is 17.8 Å². The zero-order valence-corrected chi connectivity index (χ0v) is 31.8. The minimum atomic E-state index is -3.92. The molecule has 2 bridgehead atoms. The van der Waals surface area contributed by atoms with E-state index in [2.05, 4.69) is 38.6 Å². The number of hydrogen-bond acceptors (Lipinski definition) is 9. The molecule has 2 aliphatic carbocycles. The molecular weight excluding hydrogens is 686 g/mol. The average molecular weight is 738 g/mol. The number of nitrogens with zero attached hydrogens (tertiary/aromatic N) is 4. The smallest absolute Gasteiger partial charge is 0.264 e. The number of rotatable bonds is 0. The first-order valence-corrected chi connectivity index (χ1v) is 20.9. The molecule has 1 N–H and O–H groups in total. The normalized spacial score (nSPS) is 34.0. The third-order valence-corrected chi connectivity index (χ3v) is 15.4. The van der Waals surface area contributed by atoms with Gasteiger partial charge >= 0.3 is 0 Å². The Balaban J connectivity index is 1.17. The highest BCUT2D eigenvalue weighted by Crippen LogP contribution is 2.52. The number of benzene rings is 2. The lowest BCUT2D eigenvalue weighted by Crippen LogP contribution is -2.54. The van der Waals surface area contributed by atoms with Crippen molar-refractivity contribution in [3.8, 4) is 5.75 Å². The second-order valence-electron chi connectivity index (χ2n) is 16.4. The Hall–Kier alpha value is -3.02. The summed E-state index contributed by atoms with van der Waals surface area (Å²) < 4.78 is 36.3. The summed E-state index contributed by atoms with van der Waals surface area (Å²) in [5.41, 5.74) is 3.04. The van der Waals surface area contributed by atoms with E-state index in [4.69, 9.17) is 26.3 Å². The molecule has 276 valence electrons. The molecule has 12 heteroatoms. The van der Waals surface area contributed by atoms with Crippen molar-refractivity contribution in [2.24, 2.45) is 22.9 Å². The molecular formula is C39H52ClN5O5S. The number of carbonyl (C=O) groups is 1. The summed E-state index contributed by atoms with van der Waals surface area (Å²) in [4.78, 5) is 27.5. The van der Waals surface area contributed by atoms with Crippen LogP contribution in [0.5, 0.6) is 5.75 Å². The van der Waals surface area contributed by atoms with Gasteiger partial charge in [-0.1, -0.05) is 29.7 Å². The van der Waals surface area contributed by atoms with Gasteiger partial charge < -0.3 is 24.3 Å². The number of ether oxygens (including phenoxy) is 1. The van der Waals surface area contributed by atoms with Crippen LogP contribution in [0.1, 0.15) is 86.7 Å². The number of sulfonamides is 1. The fraction of sp³-hybridized carbons (Fsp3) is 0.641. The monoisotopic (exact) mass is 737 g/mol. The number of halogens is 1. The summed E-state index contributed by atoms with van der Waals surface area (Å²) in [7, 11) is -1.75. The van der Waals surface area contributed by atoms with Crippen molar-refractivity contribution < 1.29 is 22.8 Å². The molecule has 2 spiro atoms. The van der Waals surface area contributed by atoms with Gasteiger partial charge in [-0.2, -0.15) is 0 Å². The van der Waals surface area contributed by atoms with Crippen LogP contribution in [-0.4, -0.2) is 93.7 Å². The van der Waals surface area contributed by atoms with E-state index in [9.17, 15) is 13.2 Å². The van der Waals surface area contributed by atoms with Crippen LogP contribution >= 0.6 is 11.6 Å². The Bertz CT molecular complexity index is 1810. The number of likely N-dealkylation sites (N-methyl/N-ethyl adjacent to an activating group) is 1. The maximum Gasteiger partial charge on any atom is 0.264 e. The van der Waals surface area contributed by atoms with Crippen LogP contribution in [0.2, 0.25) is 5.02 Å². The molecule has 0 unspecified atom stereocenters. The topological polar surface area (TPSA) is 104 Å². The molecule has 0 aromatic heterocycles. The molecule has 4 aliphatic heterocycles. The Kier molecular flexibility index (Phi) is 9.23. The van der Waals surface area contributed by atoms with Gasteiger partial charge in [0.2, 0.25) is 10.0 Å². The highest BCUT2D eigenvalue weighted by Gasteiger charge is 2.54. The lowest BCUT2D eigenvalue weighted by molar-refractivity contribution is -0.118. The fourth-order valence-corrected chi connectivity index (χ4v) is 11.3. The molecule has 0 radical (unpaired) electrons. The minimum Gasteiger partial charge on any atom is -0.490 e. The number of hydrogen-bond donors (Lipinski definition) is 1. The largest absolute Gasteiger partial charge is 0.490 e. The number of amides is 1. The number of oxime groups is 1. The molecule has 51 heavy (non-hydrogen) atoms. The number of carbonyl (C=O) groups excluding carboxylic acids is 1. The van der Waals surface area contributed by atoms with E-state index >= 15 is 0 Å². The number of nitrogens with one attached hydrogen (secondary N) is 1. The Morgan fingerprint density at radius 2 is 1.80 bits per heavy atom. The first kappa shape index (κ1) is 35.0. The van der Waals surface area contributed by atoms with Crippen LogP contribution < -0.4 is 14.4 Å². The van der Waals surface area contributed by atoms with Crippen molar-refractivity contribution in [1.82, 2.24) is 14.5 Å². The first-order valence-electron chi connectivity index (χ1n) is 19.0. The minimum absolute atomic E-state index is 0.141. The quantitative estimate of drug-likeness (QED) is 0.361. The highest BCUT2D eigenvalue weighted by molar-refractivity contribution is 7.90. The number of anilines is 1. The summed E-state index contributed by atoms with van der Waals surface area (Å²) in [5, 5.41) is 4.83. The van der Waals surface area contributed by atoms with E-state index in [1.165, 1.54) is 11.1 Å². The second-order valence-corrected chi connectivity index (χ2v) is 18.9. The summed E-state index contributed by atoms with van der Waals surface area (Å²) in [6.07, 6.45) is 8.33. The average Bonchev–Trinajstić information content (AvgIpc) is 3.45. The SMILES string of the molecule is C[C@@H]1[C@@H](C)CCC[C@]2(CC(N3CCN(C)CC3)=NO2)[C@@H]2CC[C@H]2CN2C[C@@]3(CCCc4cc(Cl)ccc43)COc3ccc(cc32)C(=O)NS1(=O)=O. The van der Waals surface area contributed by atoms with Crippen molar-refractivity contribution in [2.45, 2.75) is 87.9 Å². The van der Waals surface area contributed by atoms with Crippen LogP contribution in [0.25, 0.3) is 0 Å². The molecule has 1 saturated heterocycles. The van der Waals surface area contributed by atoms with E-state index in [1.807, 2.05) is 25.1 Å². The van der Waals surface area contributed by atoms with Crippen LogP contribution in [0.3, 0.4) is 0 Å². The van der Waals surface area contributed by atoms with Crippen LogP contribution in [-0.2, 0) is 26.7 Å². The van der Waals surface area contributed by atoms with E-state index in [-0.39, 0.29) is 11.3 Å². The lowest BCUT2D eigenvalue weighted by Gasteiger charge is -2.49. The maximum absolute atomic E-state index is 13.6. The van der Waals surface area contributed by atoms with Gasteiger partial charge in [-0.15, -0.1) is 0 Å². The Morgan fingerprint density at radius 3 is 2.59 bits per heavy atom. The van der Waals surface area contributed by atoms with Gasteiger partial charge in [0.1, 0.15) is 17.2 Å². The van der Waals surface area contributed by atoms with Crippen LogP contribution in [0.15, 0.2) is 41.6 Å². The maximum atomic E-state index is 13.6. The number of amidine groups is 1. The molecule has 1 amide bonds. The Labute approximate surface area is 307 Å². The highest BCUT2D eigenvalue weighted by atomic mass is 35.5. The van der Waals surface area contributed by atoms with Gasteiger partial charge in [-0.25, -0.2) is 13.1 Å². The zero-order valence-electron chi connectivity index (χ0n) is 30.2. The predicted molar refractivity (Wildman–Crippen MR) is 200 cm³/mol. The van der Waals surface area contributed by atoms with Gasteiger partial charge in [-0.05, 0) is 119 Å². The fourth-order valence-electron chi connectivity index (χ4n) is 9.79. The summed E-state index contributed by atoms with van der Waals surface area (Å²) in [5.74, 6) is 1.71. The molecule has 6 atom stereocenters. The number of aryl methyl sites for hydroxylation is 1. The van der Waals surface area contributed by atoms with Gasteiger partial charge in [0.05, 0.1) is 24.0 Å². The van der Waals surface area contributed by atoms with Crippen molar-refractivity contribution in [3.63, 3.8) is 0 Å². The standard InChI is InChI=1S/C39H52ClN5O5S/c1-26-6-4-15-39(22-36(41-50-39)44-18-16-43(3)17-19-44)33-11-8-30(33)23-45-24-38(14-5-7-28-20-31(40)10-12-32(28)38)25-49-35-13-9-29(21-34(35)45)37(46)42-51(47,48)27(26)2/h9-10,12-13,20-21,26-27,30,33H,4-8,11,14-19,22-25H2,1-3H3,(H,42,46)/t26-,27+,30-,33+,38-,39-/m0/s1. The lowest BCUT2D eigenvalue weighted by atomic mass is 9.62. The second kappa shape index (κ2) is 13.4. The molecule has 8 rings (SSSR count). The number of fused-ring (bicyclic) bond motifs is 5. The molecule has 2 aromatic carbocycles. The molecule has 1 saturated carbocycles. The van der Waals surface area contributed by atoms with E-state index < -0.39 is 26.8 Å². The third kappa shape index (κ3) is 6.49. The molecule has 6 aliphatic rings. The van der Waals surface area contributed by atoms with Gasteiger partial charge in [0.25, 0.3) is 5.91 Å². The van der Waals surface area contributed by atoms with E-state index in [0.717, 1.165) is 119 Å². The first-order chi connectivity index (χ1) is 24.5. The molecule has 10 nitrogen and oxygen atoms in total. The van der Waals surface area contributed by atoms with Crippen molar-refractivity contribution >= 4 is 39.1 Å². The summed E-state index contributed by atoms with van der Waals surface area (Å²) in [6.45, 7) is 9.63. The Morgan fingerprint density at radius 1 is 0.980 bits per heavy atom. The van der Waals surface area contributed by atoms with Gasteiger partial charge in [0.15, 0.2) is 0 Å². The molecule has 2 fully saturated rings. The third-order valence-electron chi connectivity index (χ3n) is 13.3. The van der Waals surface area contributed by atoms with Crippen molar-refractivity contribution in [2.75, 3.05) is 57.8 Å². The summed E-state index contributed by atoms with van der Waals surface area (Å²) >= 11 is 6.49.